The van der Waals surface area contributed by atoms with Gasteiger partial charge in [-0.05, 0) is 31.8 Å². The van der Waals surface area contributed by atoms with Crippen molar-refractivity contribution in [3.05, 3.63) is 0 Å². The summed E-state index contributed by atoms with van der Waals surface area (Å²) >= 11 is 1.53. The normalized spacial score (nSPS) is 14.4. The molecule has 0 aliphatic carbocycles. The maximum absolute atomic E-state index is 12.1. The second-order valence-corrected chi connectivity index (χ2v) is 6.01. The molecule has 0 spiro atoms. The lowest BCUT2D eigenvalue weighted by Gasteiger charge is -2.21. The van der Waals surface area contributed by atoms with Crippen LogP contribution in [0.2, 0.25) is 0 Å². The van der Waals surface area contributed by atoms with Crippen LogP contribution in [0.3, 0.4) is 0 Å². The molecule has 0 aromatic rings. The van der Waals surface area contributed by atoms with Crippen molar-refractivity contribution in [2.45, 2.75) is 44.3 Å². The standard InChI is InChI=1S/C13H24N4O5S/c1-7(13(21)22)16-12(20)9(3-4-10(15)18)17-11(19)8(14)5-6-23-2/h7-9H,3-6,14H2,1-2H3,(H2,15,18)(H,16,20)(H,17,19)(H,21,22)/t7-,8-,9-/m0/s1. The molecule has 10 heteroatoms. The van der Waals surface area contributed by atoms with E-state index in [-0.39, 0.29) is 12.8 Å². The molecule has 0 aromatic heterocycles. The Labute approximate surface area is 138 Å². The van der Waals surface area contributed by atoms with Crippen LogP contribution in [0.5, 0.6) is 0 Å². The number of carbonyl (C=O) groups excluding carboxylic acids is 3. The second-order valence-electron chi connectivity index (χ2n) is 5.02. The molecule has 0 saturated heterocycles. The summed E-state index contributed by atoms with van der Waals surface area (Å²) in [7, 11) is 0. The van der Waals surface area contributed by atoms with Gasteiger partial charge in [0.15, 0.2) is 0 Å². The third kappa shape index (κ3) is 9.04. The highest BCUT2D eigenvalue weighted by molar-refractivity contribution is 7.98. The van der Waals surface area contributed by atoms with Crippen LogP contribution in [0.25, 0.3) is 0 Å². The Kier molecular flexibility index (Phi) is 9.99. The molecule has 7 N–H and O–H groups in total. The number of carboxylic acids is 1. The van der Waals surface area contributed by atoms with Gasteiger partial charge in [-0.3, -0.25) is 19.2 Å². The van der Waals surface area contributed by atoms with Crippen LogP contribution in [0, 0.1) is 0 Å². The maximum Gasteiger partial charge on any atom is 0.325 e. The molecule has 0 aliphatic rings. The fourth-order valence-electron chi connectivity index (χ4n) is 1.59. The van der Waals surface area contributed by atoms with Crippen molar-refractivity contribution in [1.29, 1.82) is 0 Å². The first kappa shape index (κ1) is 21.2. The van der Waals surface area contributed by atoms with Crippen molar-refractivity contribution in [2.75, 3.05) is 12.0 Å². The average Bonchev–Trinajstić information content (AvgIpc) is 2.47. The van der Waals surface area contributed by atoms with Crippen LogP contribution in [-0.2, 0) is 19.2 Å². The SMILES string of the molecule is CSCC[C@H](N)C(=O)N[C@@H](CCC(N)=O)C(=O)N[C@@H](C)C(=O)O. The zero-order valence-electron chi connectivity index (χ0n) is 13.2. The van der Waals surface area contributed by atoms with Gasteiger partial charge in [0.1, 0.15) is 12.1 Å². The van der Waals surface area contributed by atoms with Crippen molar-refractivity contribution < 1.29 is 24.3 Å². The highest BCUT2D eigenvalue weighted by atomic mass is 32.2. The summed E-state index contributed by atoms with van der Waals surface area (Å²) in [6, 6.07) is -2.99. The summed E-state index contributed by atoms with van der Waals surface area (Å²) in [5.41, 5.74) is 10.8. The van der Waals surface area contributed by atoms with E-state index in [9.17, 15) is 19.2 Å². The number of primary amides is 1. The zero-order chi connectivity index (χ0) is 18.0. The zero-order valence-corrected chi connectivity index (χ0v) is 14.0. The molecule has 3 amide bonds. The van der Waals surface area contributed by atoms with Crippen molar-refractivity contribution >= 4 is 35.5 Å². The van der Waals surface area contributed by atoms with Crippen LogP contribution in [0.4, 0.5) is 0 Å². The van der Waals surface area contributed by atoms with Crippen LogP contribution >= 0.6 is 11.8 Å². The van der Waals surface area contributed by atoms with Crippen molar-refractivity contribution in [2.24, 2.45) is 11.5 Å². The van der Waals surface area contributed by atoms with Gasteiger partial charge in [-0.2, -0.15) is 11.8 Å². The lowest BCUT2D eigenvalue weighted by atomic mass is 10.1. The predicted octanol–water partition coefficient (Wildman–Crippen LogP) is -1.59. The molecular formula is C13H24N4O5S. The van der Waals surface area contributed by atoms with Gasteiger partial charge in [0.05, 0.1) is 6.04 Å². The topological polar surface area (TPSA) is 165 Å². The first-order chi connectivity index (χ1) is 10.7. The van der Waals surface area contributed by atoms with Gasteiger partial charge < -0.3 is 27.2 Å². The Hall–Kier alpha value is -1.81. The summed E-state index contributed by atoms with van der Waals surface area (Å²) in [6.07, 6.45) is 2.15. The minimum absolute atomic E-state index is 0.0332. The van der Waals surface area contributed by atoms with Gasteiger partial charge in [-0.1, -0.05) is 0 Å². The summed E-state index contributed by atoms with van der Waals surface area (Å²) in [6.45, 7) is 1.29. The Morgan fingerprint density at radius 3 is 2.22 bits per heavy atom. The number of carbonyl (C=O) groups is 4. The lowest BCUT2D eigenvalue weighted by Crippen LogP contribution is -2.54. The Balaban J connectivity index is 4.78. The minimum atomic E-state index is -1.21. The summed E-state index contributed by atoms with van der Waals surface area (Å²) in [5.74, 6) is -2.40. The Morgan fingerprint density at radius 1 is 1.13 bits per heavy atom. The number of hydrogen-bond donors (Lipinski definition) is 5. The van der Waals surface area contributed by atoms with E-state index in [1.165, 1.54) is 18.7 Å². The minimum Gasteiger partial charge on any atom is -0.480 e. The fraction of sp³-hybridized carbons (Fsp3) is 0.692. The molecule has 0 unspecified atom stereocenters. The number of thioether (sulfide) groups is 1. The van der Waals surface area contributed by atoms with Crippen LogP contribution in [0.15, 0.2) is 0 Å². The fourth-order valence-corrected chi connectivity index (χ4v) is 2.08. The first-order valence-electron chi connectivity index (χ1n) is 7.05. The van der Waals surface area contributed by atoms with Gasteiger partial charge in [0.25, 0.3) is 0 Å². The van der Waals surface area contributed by atoms with Gasteiger partial charge in [0.2, 0.25) is 17.7 Å². The number of carboxylic acid groups (broad SMARTS) is 1. The van der Waals surface area contributed by atoms with Gasteiger partial charge >= 0.3 is 5.97 Å². The van der Waals surface area contributed by atoms with E-state index in [1.54, 1.807) is 0 Å². The molecule has 3 atom stereocenters. The Bertz CT molecular complexity index is 446. The molecule has 0 aromatic carbocycles. The molecule has 0 rings (SSSR count). The highest BCUT2D eigenvalue weighted by Gasteiger charge is 2.26. The van der Waals surface area contributed by atoms with Crippen LogP contribution in [-0.4, -0.2) is 58.9 Å². The number of nitrogens with two attached hydrogens (primary N) is 2. The van der Waals surface area contributed by atoms with Gasteiger partial charge in [0, 0.05) is 6.42 Å². The molecule has 23 heavy (non-hydrogen) atoms. The van der Waals surface area contributed by atoms with Crippen molar-refractivity contribution in [3.63, 3.8) is 0 Å². The van der Waals surface area contributed by atoms with Crippen LogP contribution < -0.4 is 22.1 Å². The molecule has 0 saturated carbocycles. The lowest BCUT2D eigenvalue weighted by molar-refractivity contribution is -0.141. The first-order valence-corrected chi connectivity index (χ1v) is 8.44. The number of aliphatic carboxylic acids is 1. The number of rotatable bonds is 11. The van der Waals surface area contributed by atoms with Crippen LogP contribution in [0.1, 0.15) is 26.2 Å². The average molecular weight is 348 g/mol. The monoisotopic (exact) mass is 348 g/mol. The third-order valence-corrected chi connectivity index (χ3v) is 3.66. The highest BCUT2D eigenvalue weighted by Crippen LogP contribution is 2.02. The van der Waals surface area contributed by atoms with E-state index < -0.39 is 41.8 Å². The molecule has 0 fully saturated rings. The molecule has 132 valence electrons. The van der Waals surface area contributed by atoms with E-state index >= 15 is 0 Å². The van der Waals surface area contributed by atoms with E-state index in [0.29, 0.717) is 12.2 Å². The quantitative estimate of drug-likeness (QED) is 0.300. The van der Waals surface area contributed by atoms with Crippen molar-refractivity contribution in [1.82, 2.24) is 10.6 Å². The van der Waals surface area contributed by atoms with E-state index in [4.69, 9.17) is 16.6 Å². The molecular weight excluding hydrogens is 324 g/mol. The van der Waals surface area contributed by atoms with E-state index in [2.05, 4.69) is 10.6 Å². The summed E-state index contributed by atoms with van der Waals surface area (Å²) in [5, 5.41) is 13.5. The number of hydrogen-bond acceptors (Lipinski definition) is 6. The Morgan fingerprint density at radius 2 is 1.74 bits per heavy atom. The molecule has 0 radical (unpaired) electrons. The number of nitrogens with one attached hydrogen (secondary N) is 2. The molecule has 0 bridgehead atoms. The second kappa shape index (κ2) is 10.8. The molecule has 0 heterocycles. The van der Waals surface area contributed by atoms with E-state index in [1.807, 2.05) is 6.26 Å². The smallest absolute Gasteiger partial charge is 0.325 e. The largest absolute Gasteiger partial charge is 0.480 e. The van der Waals surface area contributed by atoms with E-state index in [0.717, 1.165) is 0 Å². The maximum atomic E-state index is 12.1. The molecule has 0 aliphatic heterocycles. The van der Waals surface area contributed by atoms with Crippen molar-refractivity contribution in [3.8, 4) is 0 Å². The van der Waals surface area contributed by atoms with Gasteiger partial charge in [-0.15, -0.1) is 0 Å². The predicted molar refractivity (Wildman–Crippen MR) is 86.6 cm³/mol. The summed E-state index contributed by atoms with van der Waals surface area (Å²) < 4.78 is 0. The third-order valence-electron chi connectivity index (χ3n) is 3.01. The number of amides is 3. The summed E-state index contributed by atoms with van der Waals surface area (Å²) in [4.78, 5) is 45.7. The van der Waals surface area contributed by atoms with Gasteiger partial charge in [-0.25, -0.2) is 0 Å². The molecule has 9 nitrogen and oxygen atoms in total.